The summed E-state index contributed by atoms with van der Waals surface area (Å²) in [5, 5.41) is 3.26. The summed E-state index contributed by atoms with van der Waals surface area (Å²) in [5.74, 6) is 5.37. The first-order valence-corrected chi connectivity index (χ1v) is 5.25. The van der Waals surface area contributed by atoms with Crippen LogP contribution in [0.2, 0.25) is 0 Å². The molecule has 0 aromatic heterocycles. The second kappa shape index (κ2) is 2.81. The van der Waals surface area contributed by atoms with Gasteiger partial charge in [0.15, 0.2) is 9.84 Å². The van der Waals surface area contributed by atoms with E-state index in [1.807, 2.05) is 0 Å². The summed E-state index contributed by atoms with van der Waals surface area (Å²) in [6, 6.07) is -0.0673. The number of nitrogens with zero attached hydrogens (tertiary/aromatic N) is 2. The lowest BCUT2D eigenvalue weighted by Crippen LogP contribution is -2.55. The normalized spacial score (nSPS) is 23.2. The zero-order valence-corrected chi connectivity index (χ0v) is 7.58. The van der Waals surface area contributed by atoms with Crippen molar-refractivity contribution in [2.24, 2.45) is 16.7 Å². The first-order chi connectivity index (χ1) is 5.46. The molecule has 0 bridgehead atoms. The van der Waals surface area contributed by atoms with Gasteiger partial charge in [-0.1, -0.05) is 0 Å². The number of hydrazone groups is 1. The molecule has 0 radical (unpaired) electrons. The Labute approximate surface area is 71.1 Å². The van der Waals surface area contributed by atoms with E-state index < -0.39 is 9.84 Å². The van der Waals surface area contributed by atoms with Crippen LogP contribution in [-0.2, 0) is 9.84 Å². The number of rotatable bonds is 1. The van der Waals surface area contributed by atoms with Crippen molar-refractivity contribution < 1.29 is 8.42 Å². The lowest BCUT2D eigenvalue weighted by Gasteiger charge is -2.34. The quantitative estimate of drug-likeness (QED) is 0.214. The second-order valence-electron chi connectivity index (χ2n) is 2.83. The smallest absolute Gasteiger partial charge is 0.213 e. The molecule has 4 N–H and O–H groups in total. The Kier molecular flexibility index (Phi) is 2.14. The molecule has 1 aliphatic heterocycles. The van der Waals surface area contributed by atoms with E-state index in [9.17, 15) is 8.42 Å². The maximum Gasteiger partial charge on any atom is 0.213 e. The molecule has 12 heavy (non-hydrogen) atoms. The highest BCUT2D eigenvalue weighted by molar-refractivity contribution is 7.92. The maximum absolute atomic E-state index is 10.8. The van der Waals surface area contributed by atoms with E-state index in [1.165, 1.54) is 0 Å². The van der Waals surface area contributed by atoms with Crippen LogP contribution in [0.25, 0.3) is 0 Å². The number of hydrogen-bond donors (Lipinski definition) is 2. The molecule has 70 valence electrons. The van der Waals surface area contributed by atoms with E-state index in [0.29, 0.717) is 0 Å². The first kappa shape index (κ1) is 9.11. The van der Waals surface area contributed by atoms with Crippen LogP contribution in [0.5, 0.6) is 0 Å². The maximum atomic E-state index is 10.8. The number of nitrogens with two attached hydrogens (primary N) is 2. The minimum atomic E-state index is -2.81. The van der Waals surface area contributed by atoms with Crippen LogP contribution in [0.3, 0.4) is 0 Å². The fourth-order valence-electron chi connectivity index (χ4n) is 1.04. The van der Waals surface area contributed by atoms with Gasteiger partial charge in [-0.15, -0.1) is 5.10 Å². The van der Waals surface area contributed by atoms with E-state index in [1.54, 1.807) is 11.9 Å². The zero-order valence-electron chi connectivity index (χ0n) is 6.77. The summed E-state index contributed by atoms with van der Waals surface area (Å²) in [4.78, 5) is 1.57. The fraction of sp³-hybridized carbons (Fsp3) is 0.800. The Bertz CT molecular complexity index is 285. The second-order valence-corrected chi connectivity index (χ2v) is 4.98. The van der Waals surface area contributed by atoms with Crippen LogP contribution in [0.4, 0.5) is 0 Å². The van der Waals surface area contributed by atoms with Gasteiger partial charge in [0.2, 0.25) is 5.96 Å². The molecule has 0 spiro atoms. The molecule has 0 unspecified atom stereocenters. The summed E-state index contributed by atoms with van der Waals surface area (Å²) in [6.45, 7) is 0. The molecule has 6 nitrogen and oxygen atoms in total. The average molecular weight is 192 g/mol. The molecular formula is C5H12N4O2S. The van der Waals surface area contributed by atoms with Crippen molar-refractivity contribution >= 4 is 15.8 Å². The van der Waals surface area contributed by atoms with Crippen LogP contribution >= 0.6 is 0 Å². The monoisotopic (exact) mass is 192 g/mol. The van der Waals surface area contributed by atoms with Gasteiger partial charge in [0.25, 0.3) is 0 Å². The number of sulfone groups is 1. The van der Waals surface area contributed by atoms with Gasteiger partial charge in [-0.05, 0) is 0 Å². The zero-order chi connectivity index (χ0) is 9.35. The lowest BCUT2D eigenvalue weighted by atomic mass is 10.3. The van der Waals surface area contributed by atoms with Gasteiger partial charge in [-0.2, -0.15) is 0 Å². The molecule has 0 aliphatic carbocycles. The molecule has 0 atom stereocenters. The molecule has 1 heterocycles. The summed E-state index contributed by atoms with van der Waals surface area (Å²) in [5.41, 5.74) is 5.37. The van der Waals surface area contributed by atoms with Crippen molar-refractivity contribution in [1.29, 1.82) is 0 Å². The van der Waals surface area contributed by atoms with Crippen molar-refractivity contribution in [3.63, 3.8) is 0 Å². The summed E-state index contributed by atoms with van der Waals surface area (Å²) in [7, 11) is -1.14. The largest absolute Gasteiger partial charge is 0.368 e. The highest BCUT2D eigenvalue weighted by atomic mass is 32.2. The minimum absolute atomic E-state index is 0.0673. The van der Waals surface area contributed by atoms with Crippen LogP contribution in [0, 0.1) is 0 Å². The molecule has 1 fully saturated rings. The predicted molar refractivity (Wildman–Crippen MR) is 46.0 cm³/mol. The third-order valence-corrected chi connectivity index (χ3v) is 3.72. The van der Waals surface area contributed by atoms with Gasteiger partial charge in [0, 0.05) is 7.05 Å². The average Bonchev–Trinajstić information content (AvgIpc) is 1.97. The highest BCUT2D eigenvalue weighted by Crippen LogP contribution is 2.15. The van der Waals surface area contributed by atoms with Gasteiger partial charge < -0.3 is 16.5 Å². The highest BCUT2D eigenvalue weighted by Gasteiger charge is 2.36. The van der Waals surface area contributed by atoms with Crippen molar-refractivity contribution in [3.05, 3.63) is 0 Å². The van der Waals surface area contributed by atoms with E-state index in [2.05, 4.69) is 5.10 Å². The van der Waals surface area contributed by atoms with E-state index in [0.717, 1.165) is 0 Å². The summed E-state index contributed by atoms with van der Waals surface area (Å²) >= 11 is 0. The van der Waals surface area contributed by atoms with Gasteiger partial charge in [0.1, 0.15) is 0 Å². The van der Waals surface area contributed by atoms with Crippen molar-refractivity contribution in [3.8, 4) is 0 Å². The first-order valence-electron chi connectivity index (χ1n) is 3.43. The van der Waals surface area contributed by atoms with Crippen LogP contribution in [0.15, 0.2) is 5.10 Å². The van der Waals surface area contributed by atoms with E-state index >= 15 is 0 Å². The molecular weight excluding hydrogens is 180 g/mol. The Balaban J connectivity index is 2.54. The lowest BCUT2D eigenvalue weighted by molar-refractivity contribution is 0.386. The molecule has 0 aromatic carbocycles. The topological polar surface area (TPSA) is 102 Å². The number of hydrogen-bond acceptors (Lipinski definition) is 4. The Morgan fingerprint density at radius 3 is 2.42 bits per heavy atom. The Morgan fingerprint density at radius 1 is 1.58 bits per heavy atom. The molecule has 1 aliphatic rings. The standard InChI is InChI=1S/C5H12N4O2S/c1-9(5(6)8-7)4-2-12(10,11)3-4/h4H,2-3,7H2,1H3,(H2,6,8). The summed E-state index contributed by atoms with van der Waals surface area (Å²) < 4.78 is 21.5. The van der Waals surface area contributed by atoms with Crippen LogP contribution < -0.4 is 11.6 Å². The van der Waals surface area contributed by atoms with E-state index in [4.69, 9.17) is 11.6 Å². The SMILES string of the molecule is CN(/C(N)=N/N)C1CS(=O)(=O)C1. The van der Waals surface area contributed by atoms with Gasteiger partial charge in [-0.25, -0.2) is 8.42 Å². The van der Waals surface area contributed by atoms with Gasteiger partial charge in [0.05, 0.1) is 17.5 Å². The molecule has 1 saturated heterocycles. The Hall–Kier alpha value is -0.980. The Morgan fingerprint density at radius 2 is 2.08 bits per heavy atom. The van der Waals surface area contributed by atoms with Crippen molar-refractivity contribution in [1.82, 2.24) is 4.90 Å². The third kappa shape index (κ3) is 1.60. The number of guanidine groups is 1. The van der Waals surface area contributed by atoms with Crippen molar-refractivity contribution in [2.75, 3.05) is 18.6 Å². The molecule has 0 saturated carbocycles. The molecule has 0 aromatic rings. The predicted octanol–water partition coefficient (Wildman–Crippen LogP) is -2.10. The van der Waals surface area contributed by atoms with E-state index in [-0.39, 0.29) is 23.5 Å². The fourth-order valence-corrected chi connectivity index (χ4v) is 2.56. The van der Waals surface area contributed by atoms with Crippen LogP contribution in [0.1, 0.15) is 0 Å². The summed E-state index contributed by atoms with van der Waals surface area (Å²) in [6.07, 6.45) is 0. The van der Waals surface area contributed by atoms with Crippen molar-refractivity contribution in [2.45, 2.75) is 6.04 Å². The molecule has 0 amide bonds. The minimum Gasteiger partial charge on any atom is -0.368 e. The van der Waals surface area contributed by atoms with Crippen LogP contribution in [-0.4, -0.2) is 43.9 Å². The third-order valence-electron chi connectivity index (χ3n) is 1.93. The van der Waals surface area contributed by atoms with Gasteiger partial charge in [-0.3, -0.25) is 0 Å². The van der Waals surface area contributed by atoms with Gasteiger partial charge >= 0.3 is 0 Å². The molecule has 1 rings (SSSR count). The molecule has 7 heteroatoms.